The third kappa shape index (κ3) is 3.95. The SMILES string of the molecule is NC(=O)CN(CC(=O)c1cc(Cl)sc1Cl)C1CCCC1. The van der Waals surface area contributed by atoms with Crippen molar-refractivity contribution in [2.24, 2.45) is 5.73 Å². The van der Waals surface area contributed by atoms with Gasteiger partial charge in [-0.2, -0.15) is 0 Å². The monoisotopic (exact) mass is 334 g/mol. The first-order valence-corrected chi connectivity index (χ1v) is 8.05. The molecule has 0 saturated heterocycles. The molecule has 1 aliphatic carbocycles. The normalized spacial score (nSPS) is 15.9. The first kappa shape index (κ1) is 15.8. The molecule has 2 N–H and O–H groups in total. The van der Waals surface area contributed by atoms with E-state index in [4.69, 9.17) is 28.9 Å². The Morgan fingerprint density at radius 2 is 1.95 bits per heavy atom. The highest BCUT2D eigenvalue weighted by atomic mass is 35.5. The van der Waals surface area contributed by atoms with Crippen molar-refractivity contribution in [3.05, 3.63) is 20.3 Å². The fraction of sp³-hybridized carbons (Fsp3) is 0.538. The van der Waals surface area contributed by atoms with Crippen LogP contribution < -0.4 is 5.73 Å². The first-order valence-electron chi connectivity index (χ1n) is 6.47. The zero-order valence-electron chi connectivity index (χ0n) is 10.9. The van der Waals surface area contributed by atoms with Gasteiger partial charge in [-0.3, -0.25) is 14.5 Å². The van der Waals surface area contributed by atoms with E-state index in [1.165, 1.54) is 11.3 Å². The Kier molecular flexibility index (Phi) is 5.43. The molecule has 0 aromatic carbocycles. The van der Waals surface area contributed by atoms with Crippen LogP contribution in [-0.4, -0.2) is 35.7 Å². The maximum absolute atomic E-state index is 12.3. The summed E-state index contributed by atoms with van der Waals surface area (Å²) in [4.78, 5) is 25.3. The van der Waals surface area contributed by atoms with Crippen LogP contribution in [0.4, 0.5) is 0 Å². The second-order valence-corrected chi connectivity index (χ2v) is 7.26. The molecule has 0 bridgehead atoms. The van der Waals surface area contributed by atoms with Gasteiger partial charge in [0.25, 0.3) is 0 Å². The van der Waals surface area contributed by atoms with Gasteiger partial charge in [-0.25, -0.2) is 0 Å². The number of ketones is 1. The molecule has 0 atom stereocenters. The maximum atomic E-state index is 12.3. The van der Waals surface area contributed by atoms with Crippen LogP contribution in [0.3, 0.4) is 0 Å². The molecule has 1 aliphatic rings. The van der Waals surface area contributed by atoms with E-state index in [2.05, 4.69) is 0 Å². The maximum Gasteiger partial charge on any atom is 0.231 e. The Morgan fingerprint density at radius 1 is 1.30 bits per heavy atom. The van der Waals surface area contributed by atoms with Crippen molar-refractivity contribution in [2.75, 3.05) is 13.1 Å². The molecule has 0 aliphatic heterocycles. The number of amides is 1. The number of rotatable bonds is 6. The van der Waals surface area contributed by atoms with E-state index in [1.807, 2.05) is 4.90 Å². The van der Waals surface area contributed by atoms with E-state index in [9.17, 15) is 9.59 Å². The summed E-state index contributed by atoms with van der Waals surface area (Å²) in [5.74, 6) is -0.537. The van der Waals surface area contributed by atoms with Crippen molar-refractivity contribution < 1.29 is 9.59 Å². The van der Waals surface area contributed by atoms with E-state index in [0.29, 0.717) is 14.2 Å². The molecule has 20 heavy (non-hydrogen) atoms. The van der Waals surface area contributed by atoms with Crippen LogP contribution in [-0.2, 0) is 4.79 Å². The van der Waals surface area contributed by atoms with Crippen molar-refractivity contribution in [3.8, 4) is 0 Å². The highest BCUT2D eigenvalue weighted by Gasteiger charge is 2.27. The second-order valence-electron chi connectivity index (χ2n) is 4.97. The molecule has 0 radical (unpaired) electrons. The number of halogens is 2. The molecule has 1 aromatic heterocycles. The number of nitrogens with two attached hydrogens (primary N) is 1. The van der Waals surface area contributed by atoms with Crippen LogP contribution in [0, 0.1) is 0 Å². The standard InChI is InChI=1S/C13H16Cl2N2O2S/c14-11-5-9(13(15)20-11)10(18)6-17(7-12(16)19)8-3-1-2-4-8/h5,8H,1-4,6-7H2,(H2,16,19). The zero-order valence-corrected chi connectivity index (χ0v) is 13.2. The van der Waals surface area contributed by atoms with Gasteiger partial charge in [0.2, 0.25) is 5.91 Å². The van der Waals surface area contributed by atoms with Crippen LogP contribution >= 0.6 is 34.5 Å². The molecule has 110 valence electrons. The lowest BCUT2D eigenvalue weighted by Crippen LogP contribution is -2.43. The van der Waals surface area contributed by atoms with Gasteiger partial charge in [-0.05, 0) is 18.9 Å². The summed E-state index contributed by atoms with van der Waals surface area (Å²) < 4.78 is 0.881. The minimum atomic E-state index is -0.417. The molecule has 1 saturated carbocycles. The largest absolute Gasteiger partial charge is 0.369 e. The summed E-state index contributed by atoms with van der Waals surface area (Å²) >= 11 is 13.0. The predicted molar refractivity (Wildman–Crippen MR) is 81.7 cm³/mol. The van der Waals surface area contributed by atoms with Gasteiger partial charge >= 0.3 is 0 Å². The van der Waals surface area contributed by atoms with Crippen molar-refractivity contribution in [1.82, 2.24) is 4.90 Å². The van der Waals surface area contributed by atoms with E-state index in [0.717, 1.165) is 25.7 Å². The third-order valence-electron chi connectivity index (χ3n) is 3.50. The molecule has 0 spiro atoms. The third-order valence-corrected chi connectivity index (χ3v) is 4.99. The summed E-state index contributed by atoms with van der Waals surface area (Å²) in [6, 6.07) is 1.83. The van der Waals surface area contributed by atoms with E-state index < -0.39 is 5.91 Å². The number of nitrogens with zero attached hydrogens (tertiary/aromatic N) is 1. The fourth-order valence-electron chi connectivity index (χ4n) is 2.58. The topological polar surface area (TPSA) is 63.4 Å². The zero-order chi connectivity index (χ0) is 14.7. The van der Waals surface area contributed by atoms with Gasteiger partial charge in [-0.15, -0.1) is 11.3 Å². The van der Waals surface area contributed by atoms with Crippen molar-refractivity contribution >= 4 is 46.2 Å². The summed E-state index contributed by atoms with van der Waals surface area (Å²) in [6.45, 7) is 0.256. The van der Waals surface area contributed by atoms with Crippen LogP contribution in [0.5, 0.6) is 0 Å². The Morgan fingerprint density at radius 3 is 2.45 bits per heavy atom. The average molecular weight is 335 g/mol. The van der Waals surface area contributed by atoms with Crippen molar-refractivity contribution in [3.63, 3.8) is 0 Å². The van der Waals surface area contributed by atoms with Crippen LogP contribution in [0.1, 0.15) is 36.0 Å². The molecule has 1 aromatic rings. The highest BCUT2D eigenvalue weighted by molar-refractivity contribution is 7.20. The lowest BCUT2D eigenvalue weighted by molar-refractivity contribution is -0.119. The molecular formula is C13H16Cl2N2O2S. The minimum Gasteiger partial charge on any atom is -0.369 e. The fourth-order valence-corrected chi connectivity index (χ4v) is 4.08. The van der Waals surface area contributed by atoms with Crippen LogP contribution in [0.25, 0.3) is 0 Å². The predicted octanol–water partition coefficient (Wildman–Crippen LogP) is 2.97. The van der Waals surface area contributed by atoms with E-state index in [1.54, 1.807) is 6.07 Å². The number of Topliss-reactive ketones (excluding diaryl/α,β-unsaturated/α-hetero) is 1. The summed E-state index contributed by atoms with van der Waals surface area (Å²) in [7, 11) is 0. The number of carbonyl (C=O) groups excluding carboxylic acids is 2. The average Bonchev–Trinajstić information content (AvgIpc) is 2.97. The molecule has 0 unspecified atom stereocenters. The molecule has 2 rings (SSSR count). The summed E-state index contributed by atoms with van der Waals surface area (Å²) in [5, 5.41) is 0. The van der Waals surface area contributed by atoms with Crippen molar-refractivity contribution in [2.45, 2.75) is 31.7 Å². The number of carbonyl (C=O) groups is 2. The number of primary amides is 1. The number of thiophene rings is 1. The Hall–Kier alpha value is -0.620. The van der Waals surface area contributed by atoms with E-state index >= 15 is 0 Å². The second kappa shape index (κ2) is 6.89. The summed E-state index contributed by atoms with van der Waals surface area (Å²) in [5.41, 5.74) is 5.70. The van der Waals surface area contributed by atoms with Crippen LogP contribution in [0.2, 0.25) is 8.67 Å². The molecule has 1 fully saturated rings. The van der Waals surface area contributed by atoms with Gasteiger partial charge in [-0.1, -0.05) is 36.0 Å². The van der Waals surface area contributed by atoms with Gasteiger partial charge in [0.05, 0.1) is 23.0 Å². The molecule has 4 nitrogen and oxygen atoms in total. The van der Waals surface area contributed by atoms with Crippen molar-refractivity contribution in [1.29, 1.82) is 0 Å². The molecule has 1 amide bonds. The first-order chi connectivity index (χ1) is 9.47. The Balaban J connectivity index is 2.08. The van der Waals surface area contributed by atoms with Gasteiger partial charge in [0.1, 0.15) is 4.34 Å². The smallest absolute Gasteiger partial charge is 0.231 e. The number of hydrogen-bond donors (Lipinski definition) is 1. The highest BCUT2D eigenvalue weighted by Crippen LogP contribution is 2.32. The molecule has 1 heterocycles. The van der Waals surface area contributed by atoms with E-state index in [-0.39, 0.29) is 24.9 Å². The van der Waals surface area contributed by atoms with Gasteiger partial charge in [0, 0.05) is 6.04 Å². The molecular weight excluding hydrogens is 319 g/mol. The van der Waals surface area contributed by atoms with Crippen LogP contribution in [0.15, 0.2) is 6.07 Å². The quantitative estimate of drug-likeness (QED) is 0.813. The van der Waals surface area contributed by atoms with Gasteiger partial charge in [0.15, 0.2) is 5.78 Å². The minimum absolute atomic E-state index is 0.103. The lowest BCUT2D eigenvalue weighted by Gasteiger charge is -2.26. The Labute approximate surface area is 131 Å². The number of hydrogen-bond acceptors (Lipinski definition) is 4. The molecule has 7 heteroatoms. The lowest BCUT2D eigenvalue weighted by atomic mass is 10.1. The Bertz CT molecular complexity index is 512. The van der Waals surface area contributed by atoms with Gasteiger partial charge < -0.3 is 5.73 Å². The summed E-state index contributed by atoms with van der Waals surface area (Å²) in [6.07, 6.45) is 4.25.